The first-order valence-electron chi connectivity index (χ1n) is 9.39. The summed E-state index contributed by atoms with van der Waals surface area (Å²) in [5.74, 6) is 0.458. The maximum absolute atomic E-state index is 10.6. The van der Waals surface area contributed by atoms with Crippen LogP contribution in [0.1, 0.15) is 74.1 Å². The fourth-order valence-electron chi connectivity index (χ4n) is 2.61. The average Bonchev–Trinajstić information content (AvgIpc) is 2.65. The van der Waals surface area contributed by atoms with Crippen molar-refractivity contribution in [1.29, 1.82) is 0 Å². The summed E-state index contributed by atoms with van der Waals surface area (Å²) in [7, 11) is 1.96. The average molecular weight is 350 g/mol. The topological polar surface area (TPSA) is 49.3 Å². The van der Waals surface area contributed by atoms with Crippen LogP contribution in [-0.2, 0) is 4.79 Å². The zero-order valence-electron chi connectivity index (χ0n) is 17.6. The molecule has 1 aliphatic rings. The molecule has 3 nitrogen and oxygen atoms in total. The molecule has 0 aromatic heterocycles. The summed E-state index contributed by atoms with van der Waals surface area (Å²) in [5, 5.41) is 13.5. The molecule has 0 saturated carbocycles. The molecule has 2 N–H and O–H groups in total. The largest absolute Gasteiger partial charge is 0.512 e. The van der Waals surface area contributed by atoms with Crippen molar-refractivity contribution in [2.75, 3.05) is 13.6 Å². The third-order valence-corrected chi connectivity index (χ3v) is 4.18. The van der Waals surface area contributed by atoms with Crippen molar-refractivity contribution in [3.63, 3.8) is 0 Å². The molecule has 0 spiro atoms. The van der Waals surface area contributed by atoms with E-state index in [9.17, 15) is 9.90 Å². The Balaban J connectivity index is 0.00000101. The number of rotatable bonds is 5. The number of carbonyl (C=O) groups excluding carboxylic acids is 1. The third kappa shape index (κ3) is 9.06. The first-order chi connectivity index (χ1) is 11.5. The minimum absolute atomic E-state index is 0.0155. The van der Waals surface area contributed by atoms with Crippen molar-refractivity contribution in [3.05, 3.63) is 34.6 Å². The number of aldehydes is 1. The molecule has 3 heteroatoms. The minimum atomic E-state index is -0.0995. The predicted octanol–water partition coefficient (Wildman–Crippen LogP) is 5.74. The van der Waals surface area contributed by atoms with Gasteiger partial charge < -0.3 is 15.2 Å². The van der Waals surface area contributed by atoms with Gasteiger partial charge in [-0.1, -0.05) is 66.2 Å². The molecular weight excluding hydrogens is 310 g/mol. The fraction of sp³-hybridized carbons (Fsp3) is 0.682. The van der Waals surface area contributed by atoms with Gasteiger partial charge in [-0.05, 0) is 48.4 Å². The number of hydrogen-bond acceptors (Lipinski definition) is 3. The van der Waals surface area contributed by atoms with E-state index in [4.69, 9.17) is 0 Å². The lowest BCUT2D eigenvalue weighted by Crippen LogP contribution is -2.13. The highest BCUT2D eigenvalue weighted by molar-refractivity contribution is 5.51. The number of carbonyl (C=O) groups is 1. The van der Waals surface area contributed by atoms with Gasteiger partial charge in [-0.2, -0.15) is 0 Å². The van der Waals surface area contributed by atoms with E-state index in [2.05, 4.69) is 65.9 Å². The summed E-state index contributed by atoms with van der Waals surface area (Å²) in [5.41, 5.74) is 3.25. The SMILES string of the molecule is CC(C)(C)C1=CC(CCC=O)=CC(C(C)(C)C)=C(O)C1.CCCNC. The smallest absolute Gasteiger partial charge is 0.120 e. The van der Waals surface area contributed by atoms with Crippen LogP contribution in [0.3, 0.4) is 0 Å². The van der Waals surface area contributed by atoms with Crippen LogP contribution < -0.4 is 5.32 Å². The van der Waals surface area contributed by atoms with E-state index in [-0.39, 0.29) is 10.8 Å². The lowest BCUT2D eigenvalue weighted by molar-refractivity contribution is -0.107. The van der Waals surface area contributed by atoms with Gasteiger partial charge in [-0.3, -0.25) is 0 Å². The van der Waals surface area contributed by atoms with Gasteiger partial charge in [-0.15, -0.1) is 0 Å². The monoisotopic (exact) mass is 349 g/mol. The molecule has 0 radical (unpaired) electrons. The van der Waals surface area contributed by atoms with Crippen LogP contribution in [0, 0.1) is 10.8 Å². The van der Waals surface area contributed by atoms with E-state index < -0.39 is 0 Å². The maximum atomic E-state index is 10.6. The Morgan fingerprint density at radius 3 is 2.08 bits per heavy atom. The van der Waals surface area contributed by atoms with Gasteiger partial charge in [0.05, 0.1) is 0 Å². The van der Waals surface area contributed by atoms with Crippen LogP contribution in [-0.4, -0.2) is 25.0 Å². The Labute approximate surface area is 155 Å². The van der Waals surface area contributed by atoms with Gasteiger partial charge in [0.15, 0.2) is 0 Å². The van der Waals surface area contributed by atoms with E-state index in [0.29, 0.717) is 18.6 Å². The van der Waals surface area contributed by atoms with Gasteiger partial charge in [0, 0.05) is 12.8 Å². The van der Waals surface area contributed by atoms with Crippen molar-refractivity contribution in [3.8, 4) is 0 Å². The Hall–Kier alpha value is -1.35. The van der Waals surface area contributed by atoms with Crippen molar-refractivity contribution >= 4 is 6.29 Å². The molecule has 144 valence electrons. The van der Waals surface area contributed by atoms with E-state index in [1.165, 1.54) is 12.0 Å². The summed E-state index contributed by atoms with van der Waals surface area (Å²) in [6.07, 6.45) is 8.27. The lowest BCUT2D eigenvalue weighted by Gasteiger charge is -2.25. The standard InChI is InChI=1S/C18H28O2.C4H11N/c1-17(2,3)14-10-13(8-7-9-19)11-15(16(20)12-14)18(4,5)6;1-3-4-5-2/h9-11,20H,7-8,12H2,1-6H3;5H,3-4H2,1-2H3. The van der Waals surface area contributed by atoms with E-state index in [1.807, 2.05) is 7.05 Å². The van der Waals surface area contributed by atoms with Gasteiger partial charge in [0.2, 0.25) is 0 Å². The normalized spacial score (nSPS) is 15.7. The molecule has 1 rings (SSSR count). The van der Waals surface area contributed by atoms with Gasteiger partial charge in [0.25, 0.3) is 0 Å². The second kappa shape index (κ2) is 10.6. The first kappa shape index (κ1) is 23.6. The summed E-state index contributed by atoms with van der Waals surface area (Å²) in [6.45, 7) is 16.1. The predicted molar refractivity (Wildman–Crippen MR) is 109 cm³/mol. The molecule has 0 fully saturated rings. The minimum Gasteiger partial charge on any atom is -0.512 e. The molecule has 0 unspecified atom stereocenters. The molecule has 0 atom stereocenters. The quantitative estimate of drug-likeness (QED) is 0.622. The molecule has 0 aromatic carbocycles. The Morgan fingerprint density at radius 2 is 1.72 bits per heavy atom. The van der Waals surface area contributed by atoms with E-state index in [0.717, 1.165) is 30.4 Å². The number of aliphatic hydroxyl groups excluding tert-OH is 1. The van der Waals surface area contributed by atoms with Crippen LogP contribution >= 0.6 is 0 Å². The molecule has 0 aliphatic heterocycles. The first-order valence-corrected chi connectivity index (χ1v) is 9.39. The molecule has 1 aliphatic carbocycles. The number of hydrogen-bond donors (Lipinski definition) is 2. The zero-order valence-corrected chi connectivity index (χ0v) is 17.6. The zero-order chi connectivity index (χ0) is 19.7. The molecular formula is C22H39NO2. The van der Waals surface area contributed by atoms with Gasteiger partial charge in [0.1, 0.15) is 12.0 Å². The summed E-state index contributed by atoms with van der Waals surface area (Å²) in [6, 6.07) is 0. The Bertz CT molecular complexity index is 509. The van der Waals surface area contributed by atoms with Crippen LogP contribution in [0.2, 0.25) is 0 Å². The highest BCUT2D eigenvalue weighted by Gasteiger charge is 2.26. The number of nitrogens with one attached hydrogen (secondary N) is 1. The third-order valence-electron chi connectivity index (χ3n) is 4.18. The molecule has 0 heterocycles. The highest BCUT2D eigenvalue weighted by Crippen LogP contribution is 2.39. The second-order valence-corrected chi connectivity index (χ2v) is 8.73. The van der Waals surface area contributed by atoms with Crippen molar-refractivity contribution in [2.45, 2.75) is 74.1 Å². The Kier molecular flexibility index (Phi) is 10.0. The van der Waals surface area contributed by atoms with Crippen LogP contribution in [0.4, 0.5) is 0 Å². The number of allylic oxidation sites excluding steroid dienone is 5. The van der Waals surface area contributed by atoms with Crippen molar-refractivity contribution < 1.29 is 9.90 Å². The lowest BCUT2D eigenvalue weighted by atomic mass is 9.81. The Morgan fingerprint density at radius 1 is 1.12 bits per heavy atom. The van der Waals surface area contributed by atoms with Gasteiger partial charge >= 0.3 is 0 Å². The van der Waals surface area contributed by atoms with E-state index >= 15 is 0 Å². The molecule has 0 bridgehead atoms. The molecule has 0 amide bonds. The molecule has 0 saturated heterocycles. The van der Waals surface area contributed by atoms with Crippen molar-refractivity contribution in [2.24, 2.45) is 10.8 Å². The summed E-state index contributed by atoms with van der Waals surface area (Å²) < 4.78 is 0. The van der Waals surface area contributed by atoms with Crippen LogP contribution in [0.25, 0.3) is 0 Å². The van der Waals surface area contributed by atoms with Crippen molar-refractivity contribution in [1.82, 2.24) is 5.32 Å². The summed E-state index contributed by atoms with van der Waals surface area (Å²) >= 11 is 0. The molecule has 25 heavy (non-hydrogen) atoms. The maximum Gasteiger partial charge on any atom is 0.120 e. The number of aliphatic hydroxyl groups is 1. The fourth-order valence-corrected chi connectivity index (χ4v) is 2.61. The summed E-state index contributed by atoms with van der Waals surface area (Å²) in [4.78, 5) is 10.6. The van der Waals surface area contributed by atoms with E-state index in [1.54, 1.807) is 0 Å². The van der Waals surface area contributed by atoms with Gasteiger partial charge in [-0.25, -0.2) is 0 Å². The highest BCUT2D eigenvalue weighted by atomic mass is 16.3. The van der Waals surface area contributed by atoms with Crippen LogP contribution in [0.5, 0.6) is 0 Å². The second-order valence-electron chi connectivity index (χ2n) is 8.73. The van der Waals surface area contributed by atoms with Crippen LogP contribution in [0.15, 0.2) is 34.6 Å². The molecule has 0 aromatic rings.